The fraction of sp³-hybridized carbons (Fsp3) is 0.0714. The molecule has 0 spiro atoms. The van der Waals surface area contributed by atoms with Gasteiger partial charge in [-0.1, -0.05) is 11.6 Å². The summed E-state index contributed by atoms with van der Waals surface area (Å²) in [6.07, 6.45) is 0. The van der Waals surface area contributed by atoms with Gasteiger partial charge in [0.2, 0.25) is 0 Å². The number of hydrogen-bond acceptors (Lipinski definition) is 3. The van der Waals surface area contributed by atoms with Crippen molar-refractivity contribution in [3.8, 4) is 5.75 Å². The summed E-state index contributed by atoms with van der Waals surface area (Å²) >= 11 is 5.88. The SMILES string of the molecule is Nc1ccc(Cl)c(NC(=O)COc2cc(F)ccc2F)c1. The summed E-state index contributed by atoms with van der Waals surface area (Å²) in [6, 6.07) is 7.31. The van der Waals surface area contributed by atoms with Crippen LogP contribution >= 0.6 is 11.6 Å². The highest BCUT2D eigenvalue weighted by atomic mass is 35.5. The second-order valence-electron chi connectivity index (χ2n) is 4.15. The van der Waals surface area contributed by atoms with Crippen LogP contribution in [0.3, 0.4) is 0 Å². The first-order valence-corrected chi connectivity index (χ1v) is 6.26. The van der Waals surface area contributed by atoms with Crippen molar-refractivity contribution in [2.75, 3.05) is 17.7 Å². The maximum Gasteiger partial charge on any atom is 0.262 e. The molecule has 4 nitrogen and oxygen atoms in total. The maximum absolute atomic E-state index is 13.3. The van der Waals surface area contributed by atoms with E-state index in [9.17, 15) is 13.6 Å². The van der Waals surface area contributed by atoms with Crippen LogP contribution in [0, 0.1) is 11.6 Å². The average molecular weight is 313 g/mol. The third-order valence-electron chi connectivity index (χ3n) is 2.52. The van der Waals surface area contributed by atoms with Gasteiger partial charge < -0.3 is 15.8 Å². The Morgan fingerprint density at radius 2 is 2.00 bits per heavy atom. The molecule has 1 amide bonds. The minimum Gasteiger partial charge on any atom is -0.481 e. The molecule has 0 heterocycles. The summed E-state index contributed by atoms with van der Waals surface area (Å²) in [5, 5.41) is 2.76. The number of rotatable bonds is 4. The first kappa shape index (κ1) is 15.1. The summed E-state index contributed by atoms with van der Waals surface area (Å²) in [6.45, 7) is -0.495. The molecule has 2 aromatic carbocycles. The molecule has 0 radical (unpaired) electrons. The van der Waals surface area contributed by atoms with Gasteiger partial charge in [-0.25, -0.2) is 8.78 Å². The van der Waals surface area contributed by atoms with E-state index in [-0.39, 0.29) is 5.75 Å². The topological polar surface area (TPSA) is 64.3 Å². The van der Waals surface area contributed by atoms with Crippen molar-refractivity contribution in [1.29, 1.82) is 0 Å². The molecule has 0 aromatic heterocycles. The molecule has 0 aliphatic heterocycles. The molecule has 2 aromatic rings. The second kappa shape index (κ2) is 6.41. The fourth-order valence-corrected chi connectivity index (χ4v) is 1.72. The molecule has 0 aliphatic rings. The first-order chi connectivity index (χ1) is 9.95. The molecule has 3 N–H and O–H groups in total. The van der Waals surface area contributed by atoms with E-state index in [4.69, 9.17) is 22.1 Å². The number of ether oxygens (including phenoxy) is 1. The van der Waals surface area contributed by atoms with Crippen molar-refractivity contribution in [3.63, 3.8) is 0 Å². The van der Waals surface area contributed by atoms with Gasteiger partial charge in [0, 0.05) is 11.8 Å². The Morgan fingerprint density at radius 1 is 1.24 bits per heavy atom. The van der Waals surface area contributed by atoms with E-state index in [1.807, 2.05) is 0 Å². The molecule has 0 unspecified atom stereocenters. The van der Waals surface area contributed by atoms with Crippen LogP contribution in [0.25, 0.3) is 0 Å². The normalized spacial score (nSPS) is 10.2. The highest BCUT2D eigenvalue weighted by Gasteiger charge is 2.10. The van der Waals surface area contributed by atoms with E-state index in [0.717, 1.165) is 18.2 Å². The summed E-state index contributed by atoms with van der Waals surface area (Å²) < 4.78 is 31.2. The van der Waals surface area contributed by atoms with E-state index in [1.165, 1.54) is 12.1 Å². The number of halogens is 3. The van der Waals surface area contributed by atoms with Gasteiger partial charge >= 0.3 is 0 Å². The predicted octanol–water partition coefficient (Wildman–Crippen LogP) is 3.22. The molecule has 0 aliphatic carbocycles. The van der Waals surface area contributed by atoms with Crippen LogP contribution in [0.15, 0.2) is 36.4 Å². The molecule has 0 atom stereocenters. The molecule has 7 heteroatoms. The number of anilines is 2. The van der Waals surface area contributed by atoms with Gasteiger partial charge in [0.1, 0.15) is 5.82 Å². The predicted molar refractivity (Wildman–Crippen MR) is 76.3 cm³/mol. The fourth-order valence-electron chi connectivity index (χ4n) is 1.56. The van der Waals surface area contributed by atoms with Crippen molar-refractivity contribution in [3.05, 3.63) is 53.1 Å². The monoisotopic (exact) mass is 312 g/mol. The number of benzene rings is 2. The molecule has 0 bridgehead atoms. The molecular weight excluding hydrogens is 302 g/mol. The number of carbonyl (C=O) groups excluding carboxylic acids is 1. The van der Waals surface area contributed by atoms with Crippen molar-refractivity contribution < 1.29 is 18.3 Å². The van der Waals surface area contributed by atoms with Crippen molar-refractivity contribution in [2.45, 2.75) is 0 Å². The van der Waals surface area contributed by atoms with Crippen LogP contribution in [0.1, 0.15) is 0 Å². The van der Waals surface area contributed by atoms with Gasteiger partial charge in [-0.3, -0.25) is 4.79 Å². The van der Waals surface area contributed by atoms with Gasteiger partial charge in [-0.15, -0.1) is 0 Å². The summed E-state index contributed by atoms with van der Waals surface area (Å²) in [7, 11) is 0. The standard InChI is InChI=1S/C14H11ClF2N2O2/c15-10-3-2-9(18)6-12(10)19-14(20)7-21-13-5-8(16)1-4-11(13)17/h1-6H,7,18H2,(H,19,20). The van der Waals surface area contributed by atoms with E-state index in [0.29, 0.717) is 16.4 Å². The van der Waals surface area contributed by atoms with E-state index in [2.05, 4.69) is 5.32 Å². The smallest absolute Gasteiger partial charge is 0.262 e. The lowest BCUT2D eigenvalue weighted by molar-refractivity contribution is -0.118. The van der Waals surface area contributed by atoms with Gasteiger partial charge in [-0.2, -0.15) is 0 Å². The van der Waals surface area contributed by atoms with Crippen LogP contribution in [0.5, 0.6) is 5.75 Å². The average Bonchev–Trinajstić information content (AvgIpc) is 2.44. The third-order valence-corrected chi connectivity index (χ3v) is 2.85. The largest absolute Gasteiger partial charge is 0.481 e. The van der Waals surface area contributed by atoms with Gasteiger partial charge in [0.05, 0.1) is 10.7 Å². The minimum atomic E-state index is -0.758. The Morgan fingerprint density at radius 3 is 2.76 bits per heavy atom. The molecule has 2 rings (SSSR count). The van der Waals surface area contributed by atoms with Crippen LogP contribution in [0.2, 0.25) is 5.02 Å². The summed E-state index contributed by atoms with van der Waals surface area (Å²) in [4.78, 5) is 11.7. The van der Waals surface area contributed by atoms with Gasteiger partial charge in [0.25, 0.3) is 5.91 Å². The number of nitrogens with two attached hydrogens (primary N) is 1. The Kier molecular flexibility index (Phi) is 4.59. The summed E-state index contributed by atoms with van der Waals surface area (Å²) in [5.41, 5.74) is 6.31. The Labute approximate surface area is 124 Å². The zero-order valence-electron chi connectivity index (χ0n) is 10.7. The number of amides is 1. The van der Waals surface area contributed by atoms with E-state index >= 15 is 0 Å². The molecule has 21 heavy (non-hydrogen) atoms. The third kappa shape index (κ3) is 4.06. The molecular formula is C14H11ClF2N2O2. The van der Waals surface area contributed by atoms with Crippen molar-refractivity contribution in [1.82, 2.24) is 0 Å². The number of carbonyl (C=O) groups is 1. The first-order valence-electron chi connectivity index (χ1n) is 5.88. The van der Waals surface area contributed by atoms with Crippen LogP contribution in [-0.2, 0) is 4.79 Å². The molecule has 0 fully saturated rings. The van der Waals surface area contributed by atoms with Gasteiger partial charge in [0.15, 0.2) is 18.2 Å². The Balaban J connectivity index is 1.99. The number of nitrogen functional groups attached to an aromatic ring is 1. The number of hydrogen-bond donors (Lipinski definition) is 2. The van der Waals surface area contributed by atoms with Gasteiger partial charge in [-0.05, 0) is 30.3 Å². The maximum atomic E-state index is 13.3. The van der Waals surface area contributed by atoms with Crippen LogP contribution in [-0.4, -0.2) is 12.5 Å². The highest BCUT2D eigenvalue weighted by Crippen LogP contribution is 2.24. The molecule has 110 valence electrons. The van der Waals surface area contributed by atoms with Crippen LogP contribution < -0.4 is 15.8 Å². The summed E-state index contributed by atoms with van der Waals surface area (Å²) in [5.74, 6) is -2.34. The zero-order valence-corrected chi connectivity index (χ0v) is 11.5. The number of nitrogens with one attached hydrogen (secondary N) is 1. The van der Waals surface area contributed by atoms with Crippen molar-refractivity contribution >= 4 is 28.9 Å². The van der Waals surface area contributed by atoms with Crippen LogP contribution in [0.4, 0.5) is 20.2 Å². The van der Waals surface area contributed by atoms with Crippen molar-refractivity contribution in [2.24, 2.45) is 0 Å². The lowest BCUT2D eigenvalue weighted by Gasteiger charge is -2.10. The van der Waals surface area contributed by atoms with E-state index < -0.39 is 24.1 Å². The lowest BCUT2D eigenvalue weighted by Crippen LogP contribution is -2.20. The molecule has 0 saturated heterocycles. The quantitative estimate of drug-likeness (QED) is 0.852. The highest BCUT2D eigenvalue weighted by molar-refractivity contribution is 6.33. The second-order valence-corrected chi connectivity index (χ2v) is 4.56. The Hall–Kier alpha value is -2.34. The molecule has 0 saturated carbocycles. The zero-order chi connectivity index (χ0) is 15.4. The minimum absolute atomic E-state index is 0.300. The van der Waals surface area contributed by atoms with E-state index in [1.54, 1.807) is 6.07 Å². The lowest BCUT2D eigenvalue weighted by atomic mass is 10.3. The Bertz CT molecular complexity index is 680.